The SMILES string of the molecule is NS(=O)(=O)c1ccccc1.O=C(O)C=CC(=O)O.c1ccc(CN2CCC(CCc3noc4ccccc34)CC2)cc1. The second-order valence-corrected chi connectivity index (χ2v) is 11.3. The highest BCUT2D eigenvalue weighted by molar-refractivity contribution is 7.89. The summed E-state index contributed by atoms with van der Waals surface area (Å²) in [4.78, 5) is 21.8. The van der Waals surface area contributed by atoms with E-state index < -0.39 is 22.0 Å². The largest absolute Gasteiger partial charge is 0.478 e. The van der Waals surface area contributed by atoms with Crippen LogP contribution in [0.25, 0.3) is 11.0 Å². The molecule has 10 nitrogen and oxygen atoms in total. The van der Waals surface area contributed by atoms with Crippen molar-refractivity contribution in [3.05, 3.63) is 108 Å². The highest BCUT2D eigenvalue weighted by Crippen LogP contribution is 2.26. The third-order valence-electron chi connectivity index (χ3n) is 6.64. The van der Waals surface area contributed by atoms with Crippen molar-refractivity contribution in [2.24, 2.45) is 11.1 Å². The average molecular weight is 594 g/mol. The van der Waals surface area contributed by atoms with Gasteiger partial charge in [-0.25, -0.2) is 23.1 Å². The Morgan fingerprint density at radius 1 is 0.881 bits per heavy atom. The molecule has 0 spiro atoms. The smallest absolute Gasteiger partial charge is 0.328 e. The van der Waals surface area contributed by atoms with E-state index in [1.54, 1.807) is 18.2 Å². The maximum atomic E-state index is 10.6. The third kappa shape index (κ3) is 11.3. The van der Waals surface area contributed by atoms with Crippen LogP contribution in [0.3, 0.4) is 0 Å². The van der Waals surface area contributed by atoms with Gasteiger partial charge in [-0.3, -0.25) is 4.90 Å². The average Bonchev–Trinajstić information content (AvgIpc) is 3.40. The Morgan fingerprint density at radius 3 is 1.98 bits per heavy atom. The zero-order valence-electron chi connectivity index (χ0n) is 23.1. The molecular weight excluding hydrogens is 558 g/mol. The number of benzene rings is 3. The Labute approximate surface area is 245 Å². The lowest BCUT2D eigenvalue weighted by atomic mass is 9.91. The first kappa shape index (κ1) is 32.2. The Bertz CT molecular complexity index is 1530. The second kappa shape index (κ2) is 16.2. The molecule has 0 radical (unpaired) electrons. The van der Waals surface area contributed by atoms with E-state index >= 15 is 0 Å². The Hall–Kier alpha value is -4.32. The molecule has 42 heavy (non-hydrogen) atoms. The topological polar surface area (TPSA) is 164 Å². The van der Waals surface area contributed by atoms with Crippen LogP contribution < -0.4 is 5.14 Å². The van der Waals surface area contributed by atoms with E-state index in [9.17, 15) is 18.0 Å². The summed E-state index contributed by atoms with van der Waals surface area (Å²) < 4.78 is 26.6. The molecule has 1 aliphatic rings. The van der Waals surface area contributed by atoms with Crippen molar-refractivity contribution >= 4 is 32.9 Å². The van der Waals surface area contributed by atoms with E-state index in [0.717, 1.165) is 30.2 Å². The third-order valence-corrected chi connectivity index (χ3v) is 7.57. The van der Waals surface area contributed by atoms with Gasteiger partial charge in [0.2, 0.25) is 10.0 Å². The summed E-state index contributed by atoms with van der Waals surface area (Å²) in [6.07, 6.45) is 5.95. The number of primary sulfonamides is 1. The van der Waals surface area contributed by atoms with Crippen LogP contribution in [0, 0.1) is 5.92 Å². The molecule has 3 aromatic carbocycles. The monoisotopic (exact) mass is 593 g/mol. The molecule has 0 saturated carbocycles. The van der Waals surface area contributed by atoms with Crippen molar-refractivity contribution < 1.29 is 32.7 Å². The lowest BCUT2D eigenvalue weighted by molar-refractivity contribution is -0.134. The lowest BCUT2D eigenvalue weighted by Crippen LogP contribution is -2.33. The molecule has 1 aromatic heterocycles. The number of carboxylic acid groups (broad SMARTS) is 2. The van der Waals surface area contributed by atoms with E-state index in [1.807, 2.05) is 12.1 Å². The molecule has 2 heterocycles. The minimum atomic E-state index is -3.50. The molecule has 0 bridgehead atoms. The number of aryl methyl sites for hydroxylation is 1. The van der Waals surface area contributed by atoms with Gasteiger partial charge >= 0.3 is 11.9 Å². The van der Waals surface area contributed by atoms with Gasteiger partial charge in [0.05, 0.1) is 10.6 Å². The van der Waals surface area contributed by atoms with Gasteiger partial charge in [0, 0.05) is 24.1 Å². The Kier molecular flexibility index (Phi) is 12.4. The number of nitrogens with two attached hydrogens (primary N) is 1. The first-order chi connectivity index (χ1) is 20.1. The lowest BCUT2D eigenvalue weighted by Gasteiger charge is -2.31. The zero-order chi connectivity index (χ0) is 30.4. The minimum Gasteiger partial charge on any atom is -0.478 e. The van der Waals surface area contributed by atoms with Crippen molar-refractivity contribution in [2.75, 3.05) is 13.1 Å². The van der Waals surface area contributed by atoms with Gasteiger partial charge in [0.15, 0.2) is 5.58 Å². The van der Waals surface area contributed by atoms with Crippen molar-refractivity contribution in [1.29, 1.82) is 0 Å². The van der Waals surface area contributed by atoms with Crippen molar-refractivity contribution in [3.8, 4) is 0 Å². The fraction of sp³-hybridized carbons (Fsp3) is 0.258. The molecule has 1 aliphatic heterocycles. The maximum absolute atomic E-state index is 10.6. The van der Waals surface area contributed by atoms with Gasteiger partial charge in [-0.1, -0.05) is 65.8 Å². The van der Waals surface area contributed by atoms with Crippen LogP contribution in [0.2, 0.25) is 0 Å². The minimum absolute atomic E-state index is 0.148. The van der Waals surface area contributed by atoms with Crippen LogP contribution in [0.5, 0.6) is 0 Å². The summed E-state index contributed by atoms with van der Waals surface area (Å²) in [5, 5.41) is 25.9. The number of sulfonamides is 1. The number of carbonyl (C=O) groups is 2. The molecular formula is C31H35N3O7S. The highest BCUT2D eigenvalue weighted by atomic mass is 32.2. The van der Waals surface area contributed by atoms with E-state index in [4.69, 9.17) is 19.9 Å². The number of rotatable bonds is 8. The number of carboxylic acids is 2. The van der Waals surface area contributed by atoms with Gasteiger partial charge in [-0.05, 0) is 74.5 Å². The van der Waals surface area contributed by atoms with Gasteiger partial charge in [0.25, 0.3) is 0 Å². The first-order valence-corrected chi connectivity index (χ1v) is 15.0. The van der Waals surface area contributed by atoms with Crippen LogP contribution in [0.1, 0.15) is 30.5 Å². The maximum Gasteiger partial charge on any atom is 0.328 e. The molecule has 0 unspecified atom stereocenters. The van der Waals surface area contributed by atoms with Crippen LogP contribution in [0.4, 0.5) is 0 Å². The summed E-state index contributed by atoms with van der Waals surface area (Å²) in [6, 6.07) is 26.8. The fourth-order valence-electron chi connectivity index (χ4n) is 4.49. The number of aromatic nitrogens is 1. The highest BCUT2D eigenvalue weighted by Gasteiger charge is 2.20. The summed E-state index contributed by atoms with van der Waals surface area (Å²) in [6.45, 7) is 3.50. The van der Waals surface area contributed by atoms with Crippen molar-refractivity contribution in [1.82, 2.24) is 10.1 Å². The number of fused-ring (bicyclic) bond motifs is 1. The summed E-state index contributed by atoms with van der Waals surface area (Å²) >= 11 is 0. The molecule has 11 heteroatoms. The molecule has 1 fully saturated rings. The normalized spacial score (nSPS) is 14.0. The Morgan fingerprint density at radius 2 is 1.43 bits per heavy atom. The molecule has 0 aliphatic carbocycles. The number of hydrogen-bond donors (Lipinski definition) is 3. The molecule has 222 valence electrons. The number of piperidine rings is 1. The van der Waals surface area contributed by atoms with E-state index in [2.05, 4.69) is 52.5 Å². The second-order valence-electron chi connectivity index (χ2n) is 9.74. The molecule has 0 atom stereocenters. The van der Waals surface area contributed by atoms with Crippen LogP contribution in [-0.4, -0.2) is 53.7 Å². The summed E-state index contributed by atoms with van der Waals surface area (Å²) in [5.74, 6) is -1.70. The van der Waals surface area contributed by atoms with Crippen LogP contribution >= 0.6 is 0 Å². The molecule has 0 amide bonds. The predicted octanol–water partition coefficient (Wildman–Crippen LogP) is 4.72. The van der Waals surface area contributed by atoms with Crippen molar-refractivity contribution in [3.63, 3.8) is 0 Å². The molecule has 5 rings (SSSR count). The molecule has 1 saturated heterocycles. The van der Waals surface area contributed by atoms with E-state index in [-0.39, 0.29) is 4.90 Å². The van der Waals surface area contributed by atoms with E-state index in [0.29, 0.717) is 12.2 Å². The molecule has 4 aromatic rings. The van der Waals surface area contributed by atoms with Crippen LogP contribution in [0.15, 0.2) is 106 Å². The standard InChI is InChI=1S/C21H24N2O.C6H7NO2S.C4H4O4/c1-2-6-18(7-3-1)16-23-14-12-17(13-15-23)10-11-20-19-8-4-5-9-21(19)24-22-20;7-10(8,9)6-4-2-1-3-5-6;5-3(6)1-2-4(7)8/h1-9,17H,10-16H2;1-5H,(H2,7,8,9);1-2H,(H,5,6)(H,7,8). The summed E-state index contributed by atoms with van der Waals surface area (Å²) in [7, 11) is -3.50. The van der Waals surface area contributed by atoms with E-state index in [1.165, 1.54) is 55.4 Å². The van der Waals surface area contributed by atoms with Gasteiger partial charge in [-0.2, -0.15) is 0 Å². The van der Waals surface area contributed by atoms with Gasteiger partial charge < -0.3 is 14.7 Å². The zero-order valence-corrected chi connectivity index (χ0v) is 23.9. The fourth-order valence-corrected chi connectivity index (χ4v) is 5.02. The van der Waals surface area contributed by atoms with Gasteiger partial charge in [0.1, 0.15) is 0 Å². The number of hydrogen-bond acceptors (Lipinski definition) is 7. The van der Waals surface area contributed by atoms with Crippen molar-refractivity contribution in [2.45, 2.75) is 37.1 Å². The number of likely N-dealkylation sites (tertiary alicyclic amines) is 1. The quantitative estimate of drug-likeness (QED) is 0.245. The number of para-hydroxylation sites is 1. The summed E-state index contributed by atoms with van der Waals surface area (Å²) in [5.41, 5.74) is 3.45. The molecule has 4 N–H and O–H groups in total. The Balaban J connectivity index is 0.000000222. The number of nitrogens with zero attached hydrogens (tertiary/aromatic N) is 2. The first-order valence-electron chi connectivity index (χ1n) is 13.4. The van der Waals surface area contributed by atoms with Gasteiger partial charge in [-0.15, -0.1) is 0 Å². The predicted molar refractivity (Wildman–Crippen MR) is 159 cm³/mol. The van der Waals surface area contributed by atoms with Crippen LogP contribution in [-0.2, 0) is 32.6 Å². The number of aliphatic carboxylic acids is 2.